The quantitative estimate of drug-likeness (QED) is 0.761. The van der Waals surface area contributed by atoms with Crippen molar-refractivity contribution in [1.82, 2.24) is 9.80 Å². The standard InChI is InChI=1S/C16H27N3/c1-18(14-16-10-6-13-19(16)2)12-7-11-17-15-8-4-3-5-9-15/h3-5,8-9,16-17H,6-7,10-14H2,1-2H3. The number of hydrogen-bond acceptors (Lipinski definition) is 3. The molecule has 0 bridgehead atoms. The van der Waals surface area contributed by atoms with Crippen molar-refractivity contribution in [1.29, 1.82) is 0 Å². The number of likely N-dealkylation sites (N-methyl/N-ethyl adjacent to an activating group) is 2. The molecule has 3 nitrogen and oxygen atoms in total. The summed E-state index contributed by atoms with van der Waals surface area (Å²) in [7, 11) is 4.50. The first-order valence-electron chi connectivity index (χ1n) is 7.43. The maximum atomic E-state index is 3.47. The van der Waals surface area contributed by atoms with Crippen molar-refractivity contribution in [2.75, 3.05) is 45.6 Å². The van der Waals surface area contributed by atoms with E-state index in [-0.39, 0.29) is 0 Å². The van der Waals surface area contributed by atoms with E-state index in [0.717, 1.165) is 12.6 Å². The van der Waals surface area contributed by atoms with Crippen molar-refractivity contribution in [2.45, 2.75) is 25.3 Å². The van der Waals surface area contributed by atoms with Gasteiger partial charge >= 0.3 is 0 Å². The number of hydrogen-bond donors (Lipinski definition) is 1. The Morgan fingerprint density at radius 2 is 2.11 bits per heavy atom. The predicted molar refractivity (Wildman–Crippen MR) is 82.7 cm³/mol. The summed E-state index contributed by atoms with van der Waals surface area (Å²) in [6.45, 7) is 4.70. The zero-order valence-corrected chi connectivity index (χ0v) is 12.3. The first kappa shape index (κ1) is 14.4. The molecule has 1 fully saturated rings. The van der Waals surface area contributed by atoms with Gasteiger partial charge in [0.25, 0.3) is 0 Å². The fourth-order valence-electron chi connectivity index (χ4n) is 2.80. The molecular formula is C16H27N3. The summed E-state index contributed by atoms with van der Waals surface area (Å²) in [4.78, 5) is 4.97. The maximum absolute atomic E-state index is 3.47. The van der Waals surface area contributed by atoms with Crippen LogP contribution >= 0.6 is 0 Å². The van der Waals surface area contributed by atoms with Crippen LogP contribution in [-0.4, -0.2) is 56.1 Å². The summed E-state index contributed by atoms with van der Waals surface area (Å²) >= 11 is 0. The molecule has 0 radical (unpaired) electrons. The SMILES string of the molecule is CN(CCCNc1ccccc1)CC1CCCN1C. The van der Waals surface area contributed by atoms with E-state index in [1.54, 1.807) is 0 Å². The number of rotatable bonds is 7. The fraction of sp³-hybridized carbons (Fsp3) is 0.625. The third-order valence-electron chi connectivity index (χ3n) is 4.01. The van der Waals surface area contributed by atoms with Crippen LogP contribution in [0, 0.1) is 0 Å². The molecule has 1 unspecified atom stereocenters. The maximum Gasteiger partial charge on any atom is 0.0340 e. The Morgan fingerprint density at radius 1 is 1.32 bits per heavy atom. The van der Waals surface area contributed by atoms with Crippen LogP contribution in [0.15, 0.2) is 30.3 Å². The van der Waals surface area contributed by atoms with E-state index in [2.05, 4.69) is 59.5 Å². The van der Waals surface area contributed by atoms with Crippen LogP contribution < -0.4 is 5.32 Å². The molecule has 106 valence electrons. The Morgan fingerprint density at radius 3 is 2.79 bits per heavy atom. The number of nitrogens with one attached hydrogen (secondary N) is 1. The lowest BCUT2D eigenvalue weighted by atomic mass is 10.2. The van der Waals surface area contributed by atoms with E-state index in [1.165, 1.54) is 44.6 Å². The van der Waals surface area contributed by atoms with E-state index < -0.39 is 0 Å². The first-order valence-corrected chi connectivity index (χ1v) is 7.43. The minimum Gasteiger partial charge on any atom is -0.385 e. The second-order valence-electron chi connectivity index (χ2n) is 5.69. The highest BCUT2D eigenvalue weighted by molar-refractivity contribution is 5.42. The average Bonchev–Trinajstić information content (AvgIpc) is 2.82. The Labute approximate surface area is 117 Å². The van der Waals surface area contributed by atoms with Crippen molar-refractivity contribution in [2.24, 2.45) is 0 Å². The molecule has 1 heterocycles. The van der Waals surface area contributed by atoms with E-state index in [0.29, 0.717) is 0 Å². The lowest BCUT2D eigenvalue weighted by Gasteiger charge is -2.25. The van der Waals surface area contributed by atoms with Crippen molar-refractivity contribution >= 4 is 5.69 Å². The molecule has 1 aromatic carbocycles. The highest BCUT2D eigenvalue weighted by atomic mass is 15.2. The van der Waals surface area contributed by atoms with Gasteiger partial charge in [0.05, 0.1) is 0 Å². The van der Waals surface area contributed by atoms with Gasteiger partial charge in [-0.25, -0.2) is 0 Å². The average molecular weight is 261 g/mol. The number of nitrogens with zero attached hydrogens (tertiary/aromatic N) is 2. The van der Waals surface area contributed by atoms with Crippen LogP contribution in [0.25, 0.3) is 0 Å². The third kappa shape index (κ3) is 4.84. The van der Waals surface area contributed by atoms with Gasteiger partial charge in [-0.1, -0.05) is 18.2 Å². The van der Waals surface area contributed by atoms with Crippen molar-refractivity contribution in [3.05, 3.63) is 30.3 Å². The van der Waals surface area contributed by atoms with Gasteiger partial charge < -0.3 is 15.1 Å². The Balaban J connectivity index is 1.57. The zero-order valence-electron chi connectivity index (χ0n) is 12.3. The molecule has 1 aliphatic rings. The summed E-state index contributed by atoms with van der Waals surface area (Å²) in [5, 5.41) is 3.47. The molecule has 0 amide bonds. The number of para-hydroxylation sites is 1. The van der Waals surface area contributed by atoms with E-state index in [1.807, 2.05) is 0 Å². The number of anilines is 1. The molecule has 0 spiro atoms. The molecule has 1 aliphatic heterocycles. The molecule has 0 aromatic heterocycles. The topological polar surface area (TPSA) is 18.5 Å². The first-order chi connectivity index (χ1) is 9.25. The lowest BCUT2D eigenvalue weighted by Crippen LogP contribution is -2.37. The minimum absolute atomic E-state index is 0.770. The van der Waals surface area contributed by atoms with Crippen LogP contribution in [-0.2, 0) is 0 Å². The Hall–Kier alpha value is -1.06. The van der Waals surface area contributed by atoms with Crippen LogP contribution in [0.5, 0.6) is 0 Å². The molecule has 0 aliphatic carbocycles. The summed E-state index contributed by atoms with van der Waals surface area (Å²) in [5.74, 6) is 0. The fourth-order valence-corrected chi connectivity index (χ4v) is 2.80. The molecule has 1 atom stereocenters. The molecule has 1 saturated heterocycles. The van der Waals surface area contributed by atoms with Gasteiger partial charge in [0.2, 0.25) is 0 Å². The summed E-state index contributed by atoms with van der Waals surface area (Å²) in [6.07, 6.45) is 3.93. The van der Waals surface area contributed by atoms with Gasteiger partial charge in [-0.2, -0.15) is 0 Å². The summed E-state index contributed by atoms with van der Waals surface area (Å²) in [5.41, 5.74) is 1.22. The number of likely N-dealkylation sites (tertiary alicyclic amines) is 1. The monoisotopic (exact) mass is 261 g/mol. The third-order valence-corrected chi connectivity index (χ3v) is 4.01. The molecule has 0 saturated carbocycles. The lowest BCUT2D eigenvalue weighted by molar-refractivity contribution is 0.220. The Kier molecular flexibility index (Phi) is 5.67. The van der Waals surface area contributed by atoms with E-state index in [4.69, 9.17) is 0 Å². The Bertz CT molecular complexity index is 352. The van der Waals surface area contributed by atoms with E-state index in [9.17, 15) is 0 Å². The number of benzene rings is 1. The molecule has 19 heavy (non-hydrogen) atoms. The smallest absolute Gasteiger partial charge is 0.0340 e. The van der Waals surface area contributed by atoms with Crippen molar-refractivity contribution in [3.63, 3.8) is 0 Å². The van der Waals surface area contributed by atoms with Gasteiger partial charge in [-0.15, -0.1) is 0 Å². The van der Waals surface area contributed by atoms with Crippen molar-refractivity contribution in [3.8, 4) is 0 Å². The summed E-state index contributed by atoms with van der Waals surface area (Å²) < 4.78 is 0. The van der Waals surface area contributed by atoms with Crippen molar-refractivity contribution < 1.29 is 0 Å². The zero-order chi connectivity index (χ0) is 13.5. The summed E-state index contributed by atoms with van der Waals surface area (Å²) in [6, 6.07) is 11.2. The molecule has 2 rings (SSSR count). The highest BCUT2D eigenvalue weighted by Crippen LogP contribution is 2.15. The van der Waals surface area contributed by atoms with Crippen LogP contribution in [0.1, 0.15) is 19.3 Å². The molecule has 1 N–H and O–H groups in total. The van der Waals surface area contributed by atoms with Crippen LogP contribution in [0.4, 0.5) is 5.69 Å². The van der Waals surface area contributed by atoms with Gasteiger partial charge in [0.1, 0.15) is 0 Å². The van der Waals surface area contributed by atoms with Gasteiger partial charge in [0, 0.05) is 24.8 Å². The predicted octanol–water partition coefficient (Wildman–Crippen LogP) is 2.51. The minimum atomic E-state index is 0.770. The van der Waals surface area contributed by atoms with Crippen LogP contribution in [0.3, 0.4) is 0 Å². The largest absolute Gasteiger partial charge is 0.385 e. The van der Waals surface area contributed by atoms with Gasteiger partial charge in [0.15, 0.2) is 0 Å². The second kappa shape index (κ2) is 7.51. The highest BCUT2D eigenvalue weighted by Gasteiger charge is 2.21. The molecule has 1 aromatic rings. The van der Waals surface area contributed by atoms with Gasteiger partial charge in [-0.3, -0.25) is 0 Å². The molecule has 3 heteroatoms. The second-order valence-corrected chi connectivity index (χ2v) is 5.69. The molecular weight excluding hydrogens is 234 g/mol. The van der Waals surface area contributed by atoms with Gasteiger partial charge in [-0.05, 0) is 58.6 Å². The van der Waals surface area contributed by atoms with E-state index >= 15 is 0 Å². The normalized spacial score (nSPS) is 20.1. The van der Waals surface area contributed by atoms with Crippen LogP contribution in [0.2, 0.25) is 0 Å².